The van der Waals surface area contributed by atoms with Gasteiger partial charge in [0.2, 0.25) is 0 Å². The standard InChI is InChI=1S/C22H15F5N4O3/c23-14-7-8-15(19(25)18(14)24)28-22(32)29-20-13-6-5-12(9-16(13)30-31-20)33-10-11-3-1-2-4-17(11)34-21(26)27/h1-9,21H,10H2,(H3,28,29,30,31,32). The van der Waals surface area contributed by atoms with Crippen molar-refractivity contribution in [2.45, 2.75) is 13.2 Å². The zero-order valence-electron chi connectivity index (χ0n) is 17.0. The van der Waals surface area contributed by atoms with E-state index in [2.05, 4.69) is 25.6 Å². The number of rotatable bonds is 7. The van der Waals surface area contributed by atoms with Gasteiger partial charge in [-0.15, -0.1) is 0 Å². The number of halogens is 5. The number of H-pyrrole nitrogens is 1. The first kappa shape index (κ1) is 22.8. The molecule has 0 unspecified atom stereocenters. The van der Waals surface area contributed by atoms with Gasteiger partial charge in [-0.1, -0.05) is 18.2 Å². The van der Waals surface area contributed by atoms with Gasteiger partial charge >= 0.3 is 12.6 Å². The number of aromatic amines is 1. The van der Waals surface area contributed by atoms with Crippen LogP contribution in [0.5, 0.6) is 11.5 Å². The highest BCUT2D eigenvalue weighted by molar-refractivity contribution is 6.04. The average molecular weight is 478 g/mol. The number of benzene rings is 3. The van der Waals surface area contributed by atoms with Crippen LogP contribution in [0.4, 0.5) is 38.3 Å². The fraction of sp³-hybridized carbons (Fsp3) is 0.0909. The van der Waals surface area contributed by atoms with E-state index in [1.54, 1.807) is 36.4 Å². The molecule has 0 saturated heterocycles. The van der Waals surface area contributed by atoms with Crippen LogP contribution in [0, 0.1) is 17.5 Å². The number of hydrogen-bond donors (Lipinski definition) is 3. The third kappa shape index (κ3) is 5.00. The minimum absolute atomic E-state index is 0.00455. The lowest BCUT2D eigenvalue weighted by molar-refractivity contribution is -0.0508. The Labute approximate surface area is 188 Å². The number of aromatic nitrogens is 2. The Kier molecular flexibility index (Phi) is 6.48. The molecule has 34 heavy (non-hydrogen) atoms. The number of para-hydroxylation sites is 1. The van der Waals surface area contributed by atoms with E-state index in [0.717, 1.165) is 6.07 Å². The highest BCUT2D eigenvalue weighted by atomic mass is 19.3. The highest BCUT2D eigenvalue weighted by Crippen LogP contribution is 2.27. The van der Waals surface area contributed by atoms with Gasteiger partial charge in [-0.2, -0.15) is 13.9 Å². The van der Waals surface area contributed by atoms with Gasteiger partial charge in [-0.05, 0) is 30.3 Å². The number of fused-ring (bicyclic) bond motifs is 1. The minimum atomic E-state index is -2.97. The molecule has 0 radical (unpaired) electrons. The van der Waals surface area contributed by atoms with Crippen LogP contribution in [0.15, 0.2) is 54.6 Å². The van der Waals surface area contributed by atoms with Gasteiger partial charge in [-0.25, -0.2) is 18.0 Å². The van der Waals surface area contributed by atoms with Gasteiger partial charge in [-0.3, -0.25) is 10.4 Å². The fourth-order valence-corrected chi connectivity index (χ4v) is 3.06. The predicted octanol–water partition coefficient (Wildman–Crippen LogP) is 5.80. The number of amides is 2. The molecule has 0 saturated carbocycles. The van der Waals surface area contributed by atoms with Crippen molar-refractivity contribution in [1.29, 1.82) is 0 Å². The number of hydrogen-bond acceptors (Lipinski definition) is 4. The van der Waals surface area contributed by atoms with Gasteiger partial charge < -0.3 is 14.8 Å². The van der Waals surface area contributed by atoms with Crippen molar-refractivity contribution >= 4 is 28.4 Å². The van der Waals surface area contributed by atoms with Crippen molar-refractivity contribution in [3.05, 3.63) is 77.6 Å². The lowest BCUT2D eigenvalue weighted by Gasteiger charge is -2.11. The molecule has 0 aliphatic heterocycles. The molecule has 4 aromatic rings. The molecule has 2 amide bonds. The maximum absolute atomic E-state index is 13.7. The molecule has 0 aliphatic rings. The second-order valence-corrected chi connectivity index (χ2v) is 6.86. The van der Waals surface area contributed by atoms with Crippen molar-refractivity contribution in [3.8, 4) is 11.5 Å². The van der Waals surface area contributed by atoms with E-state index in [1.807, 2.05) is 0 Å². The SMILES string of the molecule is O=C(Nc1ccc(F)c(F)c1F)Nc1n[nH]c2cc(OCc3ccccc3OC(F)F)ccc12. The Morgan fingerprint density at radius 1 is 1.00 bits per heavy atom. The molecule has 0 bridgehead atoms. The summed E-state index contributed by atoms with van der Waals surface area (Å²) in [5, 5.41) is 11.6. The number of carbonyl (C=O) groups excluding carboxylic acids is 1. The molecule has 0 atom stereocenters. The molecular formula is C22H15F5N4O3. The molecule has 1 aromatic heterocycles. The monoisotopic (exact) mass is 478 g/mol. The maximum Gasteiger partial charge on any atom is 0.387 e. The molecule has 0 aliphatic carbocycles. The maximum atomic E-state index is 13.7. The molecule has 1 heterocycles. The first-order chi connectivity index (χ1) is 16.3. The summed E-state index contributed by atoms with van der Waals surface area (Å²) >= 11 is 0. The quantitative estimate of drug-likeness (QED) is 0.231. The summed E-state index contributed by atoms with van der Waals surface area (Å²) in [4.78, 5) is 12.2. The summed E-state index contributed by atoms with van der Waals surface area (Å²) < 4.78 is 75.3. The fourth-order valence-electron chi connectivity index (χ4n) is 3.06. The van der Waals surface area contributed by atoms with Crippen LogP contribution in [-0.4, -0.2) is 22.8 Å². The first-order valence-electron chi connectivity index (χ1n) is 9.67. The van der Waals surface area contributed by atoms with Gasteiger partial charge in [0.05, 0.1) is 11.2 Å². The summed E-state index contributed by atoms with van der Waals surface area (Å²) in [6, 6.07) is 11.5. The third-order valence-electron chi connectivity index (χ3n) is 4.63. The van der Waals surface area contributed by atoms with Crippen molar-refractivity contribution < 1.29 is 36.2 Å². The Morgan fingerprint density at radius 2 is 1.79 bits per heavy atom. The van der Waals surface area contributed by atoms with Crippen molar-refractivity contribution in [2.75, 3.05) is 10.6 Å². The van der Waals surface area contributed by atoms with E-state index >= 15 is 0 Å². The average Bonchev–Trinajstić information content (AvgIpc) is 3.20. The Bertz CT molecular complexity index is 1350. The number of carbonyl (C=O) groups is 1. The largest absolute Gasteiger partial charge is 0.489 e. The lowest BCUT2D eigenvalue weighted by Crippen LogP contribution is -2.21. The van der Waals surface area contributed by atoms with Crippen molar-refractivity contribution in [1.82, 2.24) is 10.2 Å². The van der Waals surface area contributed by atoms with Crippen LogP contribution in [0.25, 0.3) is 10.9 Å². The van der Waals surface area contributed by atoms with Gasteiger partial charge in [0.15, 0.2) is 23.3 Å². The van der Waals surface area contributed by atoms with Crippen LogP contribution in [0.3, 0.4) is 0 Å². The Morgan fingerprint density at radius 3 is 2.59 bits per heavy atom. The Hall–Kier alpha value is -4.35. The molecule has 12 heteroatoms. The molecule has 7 nitrogen and oxygen atoms in total. The number of alkyl halides is 2. The lowest BCUT2D eigenvalue weighted by atomic mass is 10.2. The number of urea groups is 1. The zero-order chi connectivity index (χ0) is 24.2. The van der Waals surface area contributed by atoms with Crippen LogP contribution < -0.4 is 20.1 Å². The van der Waals surface area contributed by atoms with Crippen LogP contribution in [-0.2, 0) is 6.61 Å². The number of nitrogens with one attached hydrogen (secondary N) is 3. The van der Waals surface area contributed by atoms with E-state index in [4.69, 9.17) is 4.74 Å². The van der Waals surface area contributed by atoms with E-state index < -0.39 is 35.8 Å². The Balaban J connectivity index is 1.43. The van der Waals surface area contributed by atoms with Crippen LogP contribution in [0.1, 0.15) is 5.56 Å². The van der Waals surface area contributed by atoms with Gasteiger partial charge in [0.25, 0.3) is 0 Å². The number of ether oxygens (including phenoxy) is 2. The molecular weight excluding hydrogens is 463 g/mol. The smallest absolute Gasteiger partial charge is 0.387 e. The molecule has 176 valence electrons. The first-order valence-corrected chi connectivity index (χ1v) is 9.67. The summed E-state index contributed by atoms with van der Waals surface area (Å²) in [5.41, 5.74) is 0.322. The van der Waals surface area contributed by atoms with Crippen molar-refractivity contribution in [2.24, 2.45) is 0 Å². The number of anilines is 2. The van der Waals surface area contributed by atoms with Crippen LogP contribution in [0.2, 0.25) is 0 Å². The summed E-state index contributed by atoms with van der Waals surface area (Å²) in [6.45, 7) is -3.01. The number of nitrogens with zero attached hydrogens (tertiary/aromatic N) is 1. The molecule has 3 N–H and O–H groups in total. The topological polar surface area (TPSA) is 88.3 Å². The normalized spacial score (nSPS) is 11.0. The highest BCUT2D eigenvalue weighted by Gasteiger charge is 2.17. The molecule has 3 aromatic carbocycles. The second kappa shape index (κ2) is 9.65. The van der Waals surface area contributed by atoms with Gasteiger partial charge in [0, 0.05) is 17.0 Å². The molecule has 4 rings (SSSR count). The molecule has 0 fully saturated rings. The second-order valence-electron chi connectivity index (χ2n) is 6.86. The predicted molar refractivity (Wildman–Crippen MR) is 112 cm³/mol. The van der Waals surface area contributed by atoms with E-state index in [9.17, 15) is 26.7 Å². The van der Waals surface area contributed by atoms with E-state index in [0.29, 0.717) is 28.3 Å². The van der Waals surface area contributed by atoms with Crippen molar-refractivity contribution in [3.63, 3.8) is 0 Å². The zero-order valence-corrected chi connectivity index (χ0v) is 17.0. The summed E-state index contributed by atoms with van der Waals surface area (Å²) in [6.07, 6.45) is 0. The van der Waals surface area contributed by atoms with E-state index in [1.165, 1.54) is 6.07 Å². The third-order valence-corrected chi connectivity index (χ3v) is 4.63. The summed E-state index contributed by atoms with van der Waals surface area (Å²) in [5.74, 6) is -4.18. The van der Waals surface area contributed by atoms with Gasteiger partial charge in [0.1, 0.15) is 18.1 Å². The summed E-state index contributed by atoms with van der Waals surface area (Å²) in [7, 11) is 0. The van der Waals surface area contributed by atoms with Crippen LogP contribution >= 0.6 is 0 Å². The van der Waals surface area contributed by atoms with E-state index in [-0.39, 0.29) is 18.2 Å². The molecule has 0 spiro atoms. The minimum Gasteiger partial charge on any atom is -0.489 e.